The van der Waals surface area contributed by atoms with Crippen molar-refractivity contribution >= 4 is 11.0 Å². The molecule has 1 aromatic carbocycles. The largest absolute Gasteiger partial charge is 0.480 e. The first-order chi connectivity index (χ1) is 20.1. The summed E-state index contributed by atoms with van der Waals surface area (Å²) in [7, 11) is 3.03. The van der Waals surface area contributed by atoms with Crippen molar-refractivity contribution in [2.45, 2.75) is 44.9 Å². The van der Waals surface area contributed by atoms with E-state index in [0.717, 1.165) is 30.3 Å². The number of fused-ring (bicyclic) bond motifs is 1. The average Bonchev–Trinajstić information content (AvgIpc) is 3.68. The molecule has 0 saturated heterocycles. The molecule has 4 aromatic heterocycles. The van der Waals surface area contributed by atoms with Crippen LogP contribution in [-0.4, -0.2) is 47.4 Å². The first kappa shape index (κ1) is 27.6. The van der Waals surface area contributed by atoms with E-state index in [1.54, 1.807) is 41.8 Å². The van der Waals surface area contributed by atoms with Crippen LogP contribution in [0.4, 0.5) is 17.6 Å². The van der Waals surface area contributed by atoms with Crippen molar-refractivity contribution in [2.75, 3.05) is 13.8 Å². The van der Waals surface area contributed by atoms with E-state index in [9.17, 15) is 22.4 Å². The number of alkyl halides is 4. The molecule has 9 nitrogen and oxygen atoms in total. The number of benzene rings is 1. The molecule has 1 aliphatic rings. The summed E-state index contributed by atoms with van der Waals surface area (Å²) in [5.41, 5.74) is 3.54. The van der Waals surface area contributed by atoms with Gasteiger partial charge in [0.2, 0.25) is 5.88 Å². The highest BCUT2D eigenvalue weighted by Crippen LogP contribution is 2.45. The van der Waals surface area contributed by atoms with Gasteiger partial charge in [-0.1, -0.05) is 24.3 Å². The highest BCUT2D eigenvalue weighted by Gasteiger charge is 2.35. The van der Waals surface area contributed by atoms with Gasteiger partial charge in [-0.3, -0.25) is 14.1 Å². The lowest BCUT2D eigenvalue weighted by Gasteiger charge is -2.13. The third kappa shape index (κ3) is 4.82. The van der Waals surface area contributed by atoms with Gasteiger partial charge >= 0.3 is 11.9 Å². The topological polar surface area (TPSA) is 92.7 Å². The first-order valence-electron chi connectivity index (χ1n) is 13.4. The third-order valence-corrected chi connectivity index (χ3v) is 7.45. The molecule has 218 valence electrons. The van der Waals surface area contributed by atoms with Crippen LogP contribution in [0, 0.1) is 6.92 Å². The summed E-state index contributed by atoms with van der Waals surface area (Å²) in [6, 6.07) is 8.57. The van der Waals surface area contributed by atoms with Crippen molar-refractivity contribution in [1.82, 2.24) is 33.6 Å². The molecule has 13 heteroatoms. The summed E-state index contributed by atoms with van der Waals surface area (Å²) in [6.45, 7) is 1.05. The van der Waals surface area contributed by atoms with E-state index in [0.29, 0.717) is 39.4 Å². The lowest BCUT2D eigenvalue weighted by atomic mass is 10.1. The Balaban J connectivity index is 1.44. The van der Waals surface area contributed by atoms with Crippen LogP contribution in [0.25, 0.3) is 33.7 Å². The zero-order valence-electron chi connectivity index (χ0n) is 23.1. The first-order valence-corrected chi connectivity index (χ1v) is 13.4. The minimum Gasteiger partial charge on any atom is -0.480 e. The van der Waals surface area contributed by atoms with Crippen LogP contribution in [0.1, 0.15) is 41.4 Å². The van der Waals surface area contributed by atoms with E-state index in [1.165, 1.54) is 29.6 Å². The van der Waals surface area contributed by atoms with E-state index >= 15 is 0 Å². The number of imidazole rings is 2. The van der Waals surface area contributed by atoms with Crippen LogP contribution in [0.15, 0.2) is 47.7 Å². The Labute approximate surface area is 237 Å². The van der Waals surface area contributed by atoms with E-state index in [-0.39, 0.29) is 24.8 Å². The minimum atomic E-state index is -4.55. The normalized spacial score (nSPS) is 13.7. The fraction of sp³-hybridized carbons (Fsp3) is 0.345. The molecular weight excluding hydrogens is 554 g/mol. The number of aromatic nitrogens is 7. The summed E-state index contributed by atoms with van der Waals surface area (Å²) in [4.78, 5) is 30.9. The molecule has 0 spiro atoms. The number of methoxy groups -OCH3 is 1. The number of hydrogen-bond acceptors (Lipinski definition) is 6. The zero-order valence-corrected chi connectivity index (χ0v) is 23.1. The lowest BCUT2D eigenvalue weighted by Crippen LogP contribution is -2.25. The van der Waals surface area contributed by atoms with E-state index in [2.05, 4.69) is 15.0 Å². The maximum absolute atomic E-state index is 13.6. The summed E-state index contributed by atoms with van der Waals surface area (Å²) < 4.78 is 62.8. The van der Waals surface area contributed by atoms with Crippen LogP contribution in [0.2, 0.25) is 0 Å². The molecule has 1 aliphatic carbocycles. The fourth-order valence-electron chi connectivity index (χ4n) is 5.36. The van der Waals surface area contributed by atoms with E-state index < -0.39 is 24.2 Å². The van der Waals surface area contributed by atoms with Gasteiger partial charge in [-0.2, -0.15) is 13.2 Å². The Morgan fingerprint density at radius 1 is 1.07 bits per heavy atom. The Bertz CT molecular complexity index is 1850. The van der Waals surface area contributed by atoms with Gasteiger partial charge in [-0.25, -0.2) is 24.1 Å². The van der Waals surface area contributed by atoms with Crippen molar-refractivity contribution in [1.29, 1.82) is 0 Å². The Morgan fingerprint density at radius 3 is 2.43 bits per heavy atom. The molecule has 0 radical (unpaired) electrons. The van der Waals surface area contributed by atoms with Crippen molar-refractivity contribution in [3.05, 3.63) is 76.0 Å². The molecule has 0 aliphatic heterocycles. The van der Waals surface area contributed by atoms with Gasteiger partial charge in [0.05, 0.1) is 53.9 Å². The maximum Gasteiger partial charge on any atom is 0.434 e. The van der Waals surface area contributed by atoms with Crippen molar-refractivity contribution in [2.24, 2.45) is 7.05 Å². The molecule has 1 fully saturated rings. The van der Waals surface area contributed by atoms with Crippen molar-refractivity contribution in [3.8, 4) is 28.5 Å². The molecular formula is C29H27F4N7O2. The molecule has 0 bridgehead atoms. The molecule has 6 rings (SSSR count). The quantitative estimate of drug-likeness (QED) is 0.232. The molecule has 1 saturated carbocycles. The Morgan fingerprint density at radius 2 is 1.81 bits per heavy atom. The van der Waals surface area contributed by atoms with Gasteiger partial charge < -0.3 is 9.30 Å². The molecule has 5 aromatic rings. The number of halogens is 4. The summed E-state index contributed by atoms with van der Waals surface area (Å²) in [5.74, 6) is 0.827. The second-order valence-corrected chi connectivity index (χ2v) is 10.3. The summed E-state index contributed by atoms with van der Waals surface area (Å²) in [5, 5.41) is 0. The van der Waals surface area contributed by atoms with Gasteiger partial charge in [0.15, 0.2) is 5.69 Å². The molecule has 0 unspecified atom stereocenters. The lowest BCUT2D eigenvalue weighted by molar-refractivity contribution is -0.140. The highest BCUT2D eigenvalue weighted by molar-refractivity contribution is 5.84. The summed E-state index contributed by atoms with van der Waals surface area (Å²) >= 11 is 0. The van der Waals surface area contributed by atoms with Crippen LogP contribution < -0.4 is 10.4 Å². The zero-order chi connectivity index (χ0) is 29.8. The van der Waals surface area contributed by atoms with Crippen LogP contribution in [0.5, 0.6) is 5.88 Å². The van der Waals surface area contributed by atoms with Gasteiger partial charge in [0.1, 0.15) is 18.8 Å². The van der Waals surface area contributed by atoms with Gasteiger partial charge in [-0.15, -0.1) is 0 Å². The molecule has 42 heavy (non-hydrogen) atoms. The van der Waals surface area contributed by atoms with Crippen LogP contribution in [-0.2, 0) is 26.3 Å². The number of hydrogen-bond donors (Lipinski definition) is 0. The van der Waals surface area contributed by atoms with Crippen molar-refractivity contribution in [3.63, 3.8) is 0 Å². The Kier molecular flexibility index (Phi) is 6.82. The van der Waals surface area contributed by atoms with Gasteiger partial charge in [-0.05, 0) is 31.4 Å². The molecule has 0 atom stereocenters. The molecule has 4 heterocycles. The monoisotopic (exact) mass is 581 g/mol. The van der Waals surface area contributed by atoms with Gasteiger partial charge in [0, 0.05) is 24.7 Å². The van der Waals surface area contributed by atoms with Gasteiger partial charge in [0.25, 0.3) is 0 Å². The van der Waals surface area contributed by atoms with E-state index in [1.807, 2.05) is 0 Å². The number of pyridine rings is 1. The fourth-order valence-corrected chi connectivity index (χ4v) is 5.36. The predicted octanol–water partition coefficient (Wildman–Crippen LogP) is 5.29. The smallest absolute Gasteiger partial charge is 0.434 e. The standard InChI is InChI=1S/C29H27F4N7O2/c1-16-25-21(12-20(36-16)23-24(18-8-9-18)34-15-35-27(23)42-3)40(28(41)39(25)11-10-30)13-17-4-6-19(7-5-17)26-37-22(14-38(26)2)29(31,32)33/h4-7,12,14-15,18H,8-11,13H2,1-3H3. The van der Waals surface area contributed by atoms with E-state index in [4.69, 9.17) is 9.72 Å². The second-order valence-electron chi connectivity index (χ2n) is 10.3. The SMILES string of the molecule is COc1ncnc(C2CC2)c1-c1cc2c(c(C)n1)n(CCF)c(=O)n2Cc1ccc(-c2nc(C(F)(F)F)cn2C)cc1. The number of nitrogens with zero attached hydrogens (tertiary/aromatic N) is 7. The molecule has 0 amide bonds. The number of aryl methyl sites for hydroxylation is 3. The van der Waals surface area contributed by atoms with Crippen LogP contribution in [0.3, 0.4) is 0 Å². The third-order valence-electron chi connectivity index (χ3n) is 7.45. The van der Waals surface area contributed by atoms with Crippen molar-refractivity contribution < 1.29 is 22.3 Å². The highest BCUT2D eigenvalue weighted by atomic mass is 19.4. The average molecular weight is 582 g/mol. The van der Waals surface area contributed by atoms with Crippen LogP contribution >= 0.6 is 0 Å². The Hall–Kier alpha value is -4.55. The number of rotatable bonds is 8. The molecule has 0 N–H and O–H groups in total. The second kappa shape index (κ2) is 10.4. The summed E-state index contributed by atoms with van der Waals surface area (Å²) in [6.07, 6.45) is -0.146. The number of ether oxygens (including phenoxy) is 1. The predicted molar refractivity (Wildman–Crippen MR) is 147 cm³/mol. The maximum atomic E-state index is 13.6. The minimum absolute atomic E-state index is 0.130.